The van der Waals surface area contributed by atoms with Gasteiger partial charge >= 0.3 is 0 Å². The Morgan fingerprint density at radius 2 is 1.93 bits per heavy atom. The van der Waals surface area contributed by atoms with E-state index in [1.54, 1.807) is 0 Å². The number of rotatable bonds is 0. The highest BCUT2D eigenvalue weighted by atomic mass is 32.1. The first-order valence-corrected chi connectivity index (χ1v) is 5.50. The SMILES string of the molecule is O=c1nc2ccccc2cc2ccsc12. The molecule has 0 saturated heterocycles. The largest absolute Gasteiger partial charge is 0.288 e. The molecule has 0 unspecified atom stereocenters. The molecule has 0 N–H and O–H groups in total. The molecule has 0 aliphatic rings. The van der Waals surface area contributed by atoms with Crippen LogP contribution in [-0.2, 0) is 0 Å². The minimum Gasteiger partial charge on any atom is -0.266 e. The maximum absolute atomic E-state index is 11.8. The van der Waals surface area contributed by atoms with E-state index in [1.807, 2.05) is 41.8 Å². The Labute approximate surface area is 89.8 Å². The van der Waals surface area contributed by atoms with E-state index in [0.29, 0.717) is 0 Å². The zero-order valence-corrected chi connectivity index (χ0v) is 8.62. The zero-order valence-electron chi connectivity index (χ0n) is 7.81. The number of thiophene rings is 1. The standard InChI is InChI=1S/C12H7NOS/c14-12-11-9(5-6-15-11)7-8-3-1-2-4-10(8)13-12/h1-7H. The van der Waals surface area contributed by atoms with Crippen LogP contribution in [0, 0.1) is 0 Å². The average Bonchev–Trinajstić information content (AvgIpc) is 2.64. The molecule has 0 aliphatic heterocycles. The summed E-state index contributed by atoms with van der Waals surface area (Å²) >= 11 is 1.44. The van der Waals surface area contributed by atoms with Gasteiger partial charge in [-0.15, -0.1) is 11.3 Å². The van der Waals surface area contributed by atoms with E-state index in [2.05, 4.69) is 4.98 Å². The van der Waals surface area contributed by atoms with E-state index in [0.717, 1.165) is 21.0 Å². The van der Waals surface area contributed by atoms with Crippen molar-refractivity contribution in [3.05, 3.63) is 52.1 Å². The third kappa shape index (κ3) is 1.32. The van der Waals surface area contributed by atoms with Crippen molar-refractivity contribution in [3.8, 4) is 0 Å². The van der Waals surface area contributed by atoms with Gasteiger partial charge < -0.3 is 0 Å². The summed E-state index contributed by atoms with van der Waals surface area (Å²) in [5, 5.41) is 3.89. The van der Waals surface area contributed by atoms with Gasteiger partial charge in [-0.05, 0) is 29.0 Å². The molecule has 0 aliphatic carbocycles. The lowest BCUT2D eigenvalue weighted by atomic mass is 10.2. The van der Waals surface area contributed by atoms with Gasteiger partial charge in [0.2, 0.25) is 0 Å². The highest BCUT2D eigenvalue weighted by molar-refractivity contribution is 7.17. The van der Waals surface area contributed by atoms with Crippen molar-refractivity contribution in [1.82, 2.24) is 4.98 Å². The number of hydrogen-bond acceptors (Lipinski definition) is 3. The zero-order chi connectivity index (χ0) is 10.3. The molecule has 1 aromatic carbocycles. The summed E-state index contributed by atoms with van der Waals surface area (Å²) in [6.07, 6.45) is 0. The number of nitrogens with zero attached hydrogens (tertiary/aromatic N) is 1. The lowest BCUT2D eigenvalue weighted by Gasteiger charge is -1.87. The molecule has 2 aromatic heterocycles. The smallest absolute Gasteiger partial charge is 0.266 e. The van der Waals surface area contributed by atoms with Crippen molar-refractivity contribution in [2.75, 3.05) is 0 Å². The molecule has 0 bridgehead atoms. The van der Waals surface area contributed by atoms with E-state index >= 15 is 0 Å². The minimum absolute atomic E-state index is 0.138. The van der Waals surface area contributed by atoms with Crippen LogP contribution < -0.4 is 5.56 Å². The third-order valence-electron chi connectivity index (χ3n) is 2.36. The van der Waals surface area contributed by atoms with Crippen molar-refractivity contribution >= 4 is 32.3 Å². The van der Waals surface area contributed by atoms with E-state index in [1.165, 1.54) is 11.3 Å². The van der Waals surface area contributed by atoms with Crippen LogP contribution in [0.3, 0.4) is 0 Å². The van der Waals surface area contributed by atoms with Crippen LogP contribution in [-0.4, -0.2) is 4.98 Å². The first kappa shape index (κ1) is 8.56. The Kier molecular flexibility index (Phi) is 1.79. The first-order valence-electron chi connectivity index (χ1n) is 4.62. The molecule has 0 fully saturated rings. The Balaban J connectivity index is 2.67. The second-order valence-electron chi connectivity index (χ2n) is 3.33. The maximum Gasteiger partial charge on any atom is 0.288 e. The Hall–Kier alpha value is -1.74. The summed E-state index contributed by atoms with van der Waals surface area (Å²) < 4.78 is 0.728. The van der Waals surface area contributed by atoms with Crippen LogP contribution >= 0.6 is 11.3 Å². The van der Waals surface area contributed by atoms with Crippen LogP contribution in [0.25, 0.3) is 21.0 Å². The molecule has 3 aromatic rings. The summed E-state index contributed by atoms with van der Waals surface area (Å²) in [6, 6.07) is 11.6. The molecule has 2 nitrogen and oxygen atoms in total. The van der Waals surface area contributed by atoms with E-state index < -0.39 is 0 Å². The molecule has 2 heterocycles. The topological polar surface area (TPSA) is 30.0 Å². The van der Waals surface area contributed by atoms with E-state index in [4.69, 9.17) is 0 Å². The van der Waals surface area contributed by atoms with Crippen molar-refractivity contribution in [3.63, 3.8) is 0 Å². The maximum atomic E-state index is 11.8. The second-order valence-corrected chi connectivity index (χ2v) is 4.24. The molecule has 0 amide bonds. The molecule has 0 radical (unpaired) electrons. The van der Waals surface area contributed by atoms with Gasteiger partial charge in [0.05, 0.1) is 5.52 Å². The van der Waals surface area contributed by atoms with Crippen LogP contribution in [0.4, 0.5) is 0 Å². The lowest BCUT2D eigenvalue weighted by molar-refractivity contribution is 1.37. The van der Waals surface area contributed by atoms with Crippen LogP contribution in [0.2, 0.25) is 0 Å². The normalized spacial score (nSPS) is 10.9. The Bertz CT molecular complexity index is 702. The van der Waals surface area contributed by atoms with Gasteiger partial charge in [0.15, 0.2) is 0 Å². The molecule has 15 heavy (non-hydrogen) atoms. The van der Waals surface area contributed by atoms with Crippen molar-refractivity contribution in [2.45, 2.75) is 0 Å². The molecular formula is C12H7NOS. The van der Waals surface area contributed by atoms with Crippen molar-refractivity contribution in [2.24, 2.45) is 0 Å². The molecular weight excluding hydrogens is 206 g/mol. The first-order chi connectivity index (χ1) is 7.34. The average molecular weight is 213 g/mol. The fraction of sp³-hybridized carbons (Fsp3) is 0. The van der Waals surface area contributed by atoms with Gasteiger partial charge in [-0.2, -0.15) is 0 Å². The van der Waals surface area contributed by atoms with Crippen molar-refractivity contribution in [1.29, 1.82) is 0 Å². The fourth-order valence-corrected chi connectivity index (χ4v) is 2.41. The summed E-state index contributed by atoms with van der Waals surface area (Å²) in [4.78, 5) is 15.8. The van der Waals surface area contributed by atoms with Gasteiger partial charge in [-0.1, -0.05) is 18.2 Å². The highest BCUT2D eigenvalue weighted by Gasteiger charge is 2.01. The molecule has 3 rings (SSSR count). The fourth-order valence-electron chi connectivity index (χ4n) is 1.65. The predicted molar refractivity (Wildman–Crippen MR) is 63.4 cm³/mol. The number of para-hydroxylation sites is 1. The summed E-state index contributed by atoms with van der Waals surface area (Å²) in [5.41, 5.74) is 0.618. The number of benzene rings is 1. The Morgan fingerprint density at radius 3 is 2.87 bits per heavy atom. The number of fused-ring (bicyclic) bond motifs is 2. The summed E-state index contributed by atoms with van der Waals surface area (Å²) in [6.45, 7) is 0. The molecule has 3 heteroatoms. The van der Waals surface area contributed by atoms with Crippen LogP contribution in [0.15, 0.2) is 46.6 Å². The van der Waals surface area contributed by atoms with Gasteiger partial charge in [0.1, 0.15) is 4.70 Å². The molecule has 0 atom stereocenters. The minimum atomic E-state index is -0.138. The summed E-state index contributed by atoms with van der Waals surface area (Å²) in [5.74, 6) is 0. The van der Waals surface area contributed by atoms with Gasteiger partial charge in [-0.25, -0.2) is 4.98 Å². The van der Waals surface area contributed by atoms with Gasteiger partial charge in [0.25, 0.3) is 5.56 Å². The number of aromatic nitrogens is 1. The van der Waals surface area contributed by atoms with E-state index in [-0.39, 0.29) is 5.56 Å². The summed E-state index contributed by atoms with van der Waals surface area (Å²) in [7, 11) is 0. The predicted octanol–water partition coefficient (Wildman–Crippen LogP) is 2.81. The monoisotopic (exact) mass is 213 g/mol. The quantitative estimate of drug-likeness (QED) is 0.574. The van der Waals surface area contributed by atoms with Crippen LogP contribution in [0.5, 0.6) is 0 Å². The van der Waals surface area contributed by atoms with Gasteiger partial charge in [0, 0.05) is 5.39 Å². The van der Waals surface area contributed by atoms with Crippen molar-refractivity contribution < 1.29 is 0 Å². The number of hydrogen-bond donors (Lipinski definition) is 0. The van der Waals surface area contributed by atoms with Crippen LogP contribution in [0.1, 0.15) is 0 Å². The lowest BCUT2D eigenvalue weighted by Crippen LogP contribution is -1.99. The third-order valence-corrected chi connectivity index (χ3v) is 3.28. The van der Waals surface area contributed by atoms with Gasteiger partial charge in [-0.3, -0.25) is 4.79 Å². The molecule has 72 valence electrons. The van der Waals surface area contributed by atoms with E-state index in [9.17, 15) is 4.79 Å². The second kappa shape index (κ2) is 3.14. The Morgan fingerprint density at radius 1 is 1.07 bits per heavy atom. The molecule has 0 saturated carbocycles. The highest BCUT2D eigenvalue weighted by Crippen LogP contribution is 2.19. The molecule has 0 spiro atoms.